The van der Waals surface area contributed by atoms with Crippen LogP contribution in [-0.2, 0) is 4.74 Å². The summed E-state index contributed by atoms with van der Waals surface area (Å²) in [7, 11) is 0. The lowest BCUT2D eigenvalue weighted by atomic mass is 9.80. The molecule has 2 fully saturated rings. The van der Waals surface area contributed by atoms with E-state index in [0.29, 0.717) is 12.1 Å². The van der Waals surface area contributed by atoms with Gasteiger partial charge in [0.05, 0.1) is 12.1 Å². The summed E-state index contributed by atoms with van der Waals surface area (Å²) in [6.45, 7) is 6.11. The van der Waals surface area contributed by atoms with Gasteiger partial charge in [0, 0.05) is 36.8 Å². The lowest BCUT2D eigenvalue weighted by Gasteiger charge is -2.39. The van der Waals surface area contributed by atoms with Crippen molar-refractivity contribution in [1.82, 2.24) is 9.80 Å². The van der Waals surface area contributed by atoms with Gasteiger partial charge < -0.3 is 19.9 Å². The van der Waals surface area contributed by atoms with E-state index in [1.165, 1.54) is 5.56 Å². The van der Waals surface area contributed by atoms with E-state index in [9.17, 15) is 9.59 Å². The van der Waals surface area contributed by atoms with Gasteiger partial charge in [-0.3, -0.25) is 4.79 Å². The quantitative estimate of drug-likeness (QED) is 0.739. The Morgan fingerprint density at radius 2 is 2.13 bits per heavy atom. The number of nitrogens with one attached hydrogen (secondary N) is 1. The Morgan fingerprint density at radius 3 is 2.83 bits per heavy atom. The van der Waals surface area contributed by atoms with E-state index in [0.717, 1.165) is 37.2 Å². The van der Waals surface area contributed by atoms with Crippen LogP contribution >= 0.6 is 11.3 Å². The molecule has 3 aliphatic rings. The SMILES string of the molecule is C=CCOC(=O)N1CCC2C(c3ccsc3)Nc3ccc(C(=O)N4CCC4)cc3C21. The molecule has 0 aliphatic carbocycles. The van der Waals surface area contributed by atoms with Crippen molar-refractivity contribution in [3.63, 3.8) is 0 Å². The van der Waals surface area contributed by atoms with Crippen LogP contribution in [0.2, 0.25) is 0 Å². The Balaban J connectivity index is 1.53. The highest BCUT2D eigenvalue weighted by molar-refractivity contribution is 7.08. The number of hydrogen-bond acceptors (Lipinski definition) is 5. The second-order valence-corrected chi connectivity index (χ2v) is 8.86. The molecule has 0 radical (unpaired) electrons. The molecule has 156 valence electrons. The molecule has 1 N–H and O–H groups in total. The van der Waals surface area contributed by atoms with Crippen molar-refractivity contribution in [2.45, 2.75) is 24.9 Å². The van der Waals surface area contributed by atoms with Crippen molar-refractivity contribution in [1.29, 1.82) is 0 Å². The highest BCUT2D eigenvalue weighted by Gasteiger charge is 2.47. The topological polar surface area (TPSA) is 61.9 Å². The number of rotatable bonds is 4. The van der Waals surface area contributed by atoms with Gasteiger partial charge in [-0.15, -0.1) is 0 Å². The lowest BCUT2D eigenvalue weighted by Crippen LogP contribution is -2.42. The summed E-state index contributed by atoms with van der Waals surface area (Å²) in [5.74, 6) is 0.289. The minimum atomic E-state index is -0.321. The van der Waals surface area contributed by atoms with E-state index in [1.54, 1.807) is 17.4 Å². The van der Waals surface area contributed by atoms with E-state index < -0.39 is 0 Å². The molecule has 3 aliphatic heterocycles. The molecule has 0 saturated carbocycles. The maximum Gasteiger partial charge on any atom is 0.410 e. The van der Waals surface area contributed by atoms with Crippen molar-refractivity contribution in [3.05, 3.63) is 64.4 Å². The van der Waals surface area contributed by atoms with E-state index in [2.05, 4.69) is 28.7 Å². The van der Waals surface area contributed by atoms with Gasteiger partial charge in [0.15, 0.2) is 0 Å². The molecule has 7 heteroatoms. The summed E-state index contributed by atoms with van der Waals surface area (Å²) >= 11 is 1.68. The van der Waals surface area contributed by atoms with Crippen LogP contribution < -0.4 is 5.32 Å². The smallest absolute Gasteiger partial charge is 0.410 e. The molecule has 2 amide bonds. The molecule has 0 spiro atoms. The van der Waals surface area contributed by atoms with E-state index >= 15 is 0 Å². The third-order valence-corrected chi connectivity index (χ3v) is 7.11. The number of carbonyl (C=O) groups excluding carboxylic acids is 2. The standard InChI is InChI=1S/C23H25N3O3S/c1-2-11-29-23(28)26-10-6-17-20(16-7-12-30-14-16)24-19-5-4-15(13-18(19)21(17)26)22(27)25-8-3-9-25/h2,4-5,7,12-14,17,20-21,24H,1,3,6,8-11H2. The van der Waals surface area contributed by atoms with Gasteiger partial charge in [-0.05, 0) is 59.0 Å². The first-order chi connectivity index (χ1) is 14.7. The first-order valence-electron chi connectivity index (χ1n) is 10.4. The molecule has 30 heavy (non-hydrogen) atoms. The Hall–Kier alpha value is -2.80. The Bertz CT molecular complexity index is 970. The van der Waals surface area contributed by atoms with Crippen molar-refractivity contribution in [2.24, 2.45) is 5.92 Å². The van der Waals surface area contributed by atoms with Gasteiger partial charge >= 0.3 is 6.09 Å². The Labute approximate surface area is 180 Å². The number of benzene rings is 1. The first kappa shape index (κ1) is 19.2. The van der Waals surface area contributed by atoms with Crippen LogP contribution in [-0.4, -0.2) is 48.0 Å². The fourth-order valence-corrected chi connectivity index (χ4v) is 5.51. The minimum Gasteiger partial charge on any atom is -0.445 e. The van der Waals surface area contributed by atoms with Gasteiger partial charge in [-0.1, -0.05) is 12.7 Å². The summed E-state index contributed by atoms with van der Waals surface area (Å²) in [4.78, 5) is 29.3. The third-order valence-electron chi connectivity index (χ3n) is 6.41. The van der Waals surface area contributed by atoms with Gasteiger partial charge in [0.2, 0.25) is 0 Å². The Kier molecular flexibility index (Phi) is 4.98. The van der Waals surface area contributed by atoms with Gasteiger partial charge in [0.1, 0.15) is 6.61 Å². The predicted octanol–water partition coefficient (Wildman–Crippen LogP) is 4.45. The number of amides is 2. The van der Waals surface area contributed by atoms with Gasteiger partial charge in [-0.25, -0.2) is 4.79 Å². The summed E-state index contributed by atoms with van der Waals surface area (Å²) < 4.78 is 5.38. The number of anilines is 1. The van der Waals surface area contributed by atoms with E-state index in [1.807, 2.05) is 28.0 Å². The van der Waals surface area contributed by atoms with Gasteiger partial charge in [0.25, 0.3) is 5.91 Å². The molecule has 0 bridgehead atoms. The fourth-order valence-electron chi connectivity index (χ4n) is 4.81. The fraction of sp³-hybridized carbons (Fsp3) is 0.391. The van der Waals surface area contributed by atoms with E-state index in [-0.39, 0.29) is 36.6 Å². The van der Waals surface area contributed by atoms with Crippen LogP contribution in [0.15, 0.2) is 47.7 Å². The number of thiophene rings is 1. The summed E-state index contributed by atoms with van der Waals surface area (Å²) in [5, 5.41) is 7.94. The number of fused-ring (bicyclic) bond motifs is 3. The van der Waals surface area contributed by atoms with Crippen LogP contribution in [0.1, 0.15) is 46.4 Å². The average Bonchev–Trinajstić information content (AvgIpc) is 3.40. The first-order valence-corrected chi connectivity index (χ1v) is 11.4. The second kappa shape index (κ2) is 7.80. The Morgan fingerprint density at radius 1 is 1.27 bits per heavy atom. The lowest BCUT2D eigenvalue weighted by molar-refractivity contribution is 0.0651. The monoisotopic (exact) mass is 423 g/mol. The van der Waals surface area contributed by atoms with Crippen molar-refractivity contribution >= 4 is 29.0 Å². The molecule has 3 atom stereocenters. The van der Waals surface area contributed by atoms with Gasteiger partial charge in [-0.2, -0.15) is 11.3 Å². The molecular formula is C23H25N3O3S. The average molecular weight is 424 g/mol. The van der Waals surface area contributed by atoms with Crippen LogP contribution in [0.4, 0.5) is 10.5 Å². The number of likely N-dealkylation sites (tertiary alicyclic amines) is 2. The maximum atomic E-state index is 12.8. The number of nitrogens with zero attached hydrogens (tertiary/aromatic N) is 2. The predicted molar refractivity (Wildman–Crippen MR) is 117 cm³/mol. The highest BCUT2D eigenvalue weighted by Crippen LogP contribution is 2.51. The minimum absolute atomic E-state index is 0.0688. The molecule has 2 aromatic rings. The van der Waals surface area contributed by atoms with Crippen LogP contribution in [0, 0.1) is 5.92 Å². The maximum absolute atomic E-state index is 12.8. The zero-order valence-corrected chi connectivity index (χ0v) is 17.6. The zero-order chi connectivity index (χ0) is 20.7. The number of ether oxygens (including phenoxy) is 1. The normalized spacial score (nSPS) is 24.3. The van der Waals surface area contributed by atoms with Crippen molar-refractivity contribution in [2.75, 3.05) is 31.6 Å². The second-order valence-electron chi connectivity index (χ2n) is 8.08. The molecule has 5 rings (SSSR count). The molecule has 6 nitrogen and oxygen atoms in total. The molecule has 1 aromatic carbocycles. The summed E-state index contributed by atoms with van der Waals surface area (Å²) in [6, 6.07) is 8.01. The number of hydrogen-bond donors (Lipinski definition) is 1. The highest BCUT2D eigenvalue weighted by atomic mass is 32.1. The molecule has 4 heterocycles. The molecule has 2 saturated heterocycles. The number of carbonyl (C=O) groups is 2. The summed E-state index contributed by atoms with van der Waals surface area (Å²) in [5.41, 5.74) is 3.92. The zero-order valence-electron chi connectivity index (χ0n) is 16.8. The van der Waals surface area contributed by atoms with Crippen LogP contribution in [0.3, 0.4) is 0 Å². The van der Waals surface area contributed by atoms with Crippen molar-refractivity contribution in [3.8, 4) is 0 Å². The third kappa shape index (κ3) is 3.17. The largest absolute Gasteiger partial charge is 0.445 e. The van der Waals surface area contributed by atoms with Crippen LogP contribution in [0.25, 0.3) is 0 Å². The van der Waals surface area contributed by atoms with E-state index in [4.69, 9.17) is 4.74 Å². The molecule has 1 aromatic heterocycles. The van der Waals surface area contributed by atoms with Crippen molar-refractivity contribution < 1.29 is 14.3 Å². The molecule has 3 unspecified atom stereocenters. The van der Waals surface area contributed by atoms with Crippen LogP contribution in [0.5, 0.6) is 0 Å². The molecular weight excluding hydrogens is 398 g/mol. The summed E-state index contributed by atoms with van der Waals surface area (Å²) in [6.07, 6.45) is 3.21.